The summed E-state index contributed by atoms with van der Waals surface area (Å²) < 4.78 is 3.88. The molecule has 122 valence electrons. The molecule has 0 aliphatic rings. The first-order valence-corrected chi connectivity index (χ1v) is 7.74. The molecule has 0 aliphatic carbocycles. The van der Waals surface area contributed by atoms with Crippen molar-refractivity contribution in [2.45, 2.75) is 20.0 Å². The molecule has 7 nitrogen and oxygen atoms in total. The quantitative estimate of drug-likeness (QED) is 0.607. The number of hydrogen-bond acceptors (Lipinski definition) is 4. The second-order valence-electron chi connectivity index (χ2n) is 5.91. The maximum Gasteiger partial charge on any atom is 0.180 e. The lowest BCUT2D eigenvalue weighted by Crippen LogP contribution is -2.01. The first-order chi connectivity index (χ1) is 11.5. The fraction of sp³-hybridized carbons (Fsp3) is 0.235. The van der Waals surface area contributed by atoms with E-state index in [1.54, 1.807) is 19.3 Å². The molecule has 0 saturated heterocycles. The Morgan fingerprint density at radius 1 is 1.25 bits per heavy atom. The predicted octanol–water partition coefficient (Wildman–Crippen LogP) is 2.51. The van der Waals surface area contributed by atoms with Crippen molar-refractivity contribution in [3.05, 3.63) is 48.3 Å². The monoisotopic (exact) mass is 322 g/mol. The summed E-state index contributed by atoms with van der Waals surface area (Å²) in [5.41, 5.74) is 3.74. The summed E-state index contributed by atoms with van der Waals surface area (Å²) in [7, 11) is 1.91. The van der Waals surface area contributed by atoms with E-state index in [1.807, 2.05) is 47.5 Å². The van der Waals surface area contributed by atoms with Crippen molar-refractivity contribution >= 4 is 11.0 Å². The van der Waals surface area contributed by atoms with E-state index in [1.165, 1.54) is 0 Å². The van der Waals surface area contributed by atoms with Gasteiger partial charge in [0.25, 0.3) is 0 Å². The first kappa shape index (κ1) is 14.6. The standard InChI is InChI=1S/C17H18N6O/c1-10-9-19-15(20-10)17-18-6-7-23(17)12-4-5-14-13(8-12)21-16(11(2)24)22(14)3/h4-9,11,24H,1-3H3,(H,19,20). The van der Waals surface area contributed by atoms with Crippen LogP contribution in [0.4, 0.5) is 0 Å². The minimum absolute atomic E-state index is 0.610. The average Bonchev–Trinajstić information content (AvgIpc) is 3.25. The highest BCUT2D eigenvalue weighted by Crippen LogP contribution is 2.24. The zero-order chi connectivity index (χ0) is 16.8. The van der Waals surface area contributed by atoms with Crippen molar-refractivity contribution in [1.29, 1.82) is 0 Å². The lowest BCUT2D eigenvalue weighted by molar-refractivity contribution is 0.186. The molecule has 4 aromatic rings. The number of aryl methyl sites for hydroxylation is 2. The normalized spacial score (nSPS) is 12.8. The number of rotatable bonds is 3. The summed E-state index contributed by atoms with van der Waals surface area (Å²) in [4.78, 5) is 16.5. The molecule has 0 spiro atoms. The lowest BCUT2D eigenvalue weighted by Gasteiger charge is -2.07. The zero-order valence-electron chi connectivity index (χ0n) is 13.7. The molecule has 24 heavy (non-hydrogen) atoms. The number of H-pyrrole nitrogens is 1. The van der Waals surface area contributed by atoms with E-state index >= 15 is 0 Å². The van der Waals surface area contributed by atoms with Gasteiger partial charge in [0, 0.05) is 37.0 Å². The molecule has 3 aromatic heterocycles. The third kappa shape index (κ3) is 2.21. The summed E-state index contributed by atoms with van der Waals surface area (Å²) in [5, 5.41) is 9.84. The van der Waals surface area contributed by atoms with Crippen molar-refractivity contribution in [2.75, 3.05) is 0 Å². The first-order valence-electron chi connectivity index (χ1n) is 7.74. The van der Waals surface area contributed by atoms with E-state index in [4.69, 9.17) is 0 Å². The molecular formula is C17H18N6O. The number of benzene rings is 1. The highest BCUT2D eigenvalue weighted by Gasteiger charge is 2.15. The van der Waals surface area contributed by atoms with Crippen LogP contribution in [-0.4, -0.2) is 34.2 Å². The third-order valence-electron chi connectivity index (χ3n) is 4.11. The summed E-state index contributed by atoms with van der Waals surface area (Å²) in [6, 6.07) is 6.00. The summed E-state index contributed by atoms with van der Waals surface area (Å²) >= 11 is 0. The minimum atomic E-state index is -0.610. The second-order valence-corrected chi connectivity index (χ2v) is 5.91. The number of fused-ring (bicyclic) bond motifs is 1. The highest BCUT2D eigenvalue weighted by molar-refractivity contribution is 5.79. The van der Waals surface area contributed by atoms with Crippen molar-refractivity contribution in [3.8, 4) is 17.3 Å². The van der Waals surface area contributed by atoms with E-state index in [-0.39, 0.29) is 0 Å². The maximum absolute atomic E-state index is 9.84. The van der Waals surface area contributed by atoms with Gasteiger partial charge in [0.15, 0.2) is 11.6 Å². The Labute approximate surface area is 138 Å². The van der Waals surface area contributed by atoms with Crippen LogP contribution >= 0.6 is 0 Å². The van der Waals surface area contributed by atoms with Crippen molar-refractivity contribution < 1.29 is 5.11 Å². The third-order valence-corrected chi connectivity index (χ3v) is 4.11. The summed E-state index contributed by atoms with van der Waals surface area (Å²) in [6.07, 6.45) is 4.82. The number of aromatic nitrogens is 6. The number of aliphatic hydroxyl groups excluding tert-OH is 1. The fourth-order valence-corrected chi connectivity index (χ4v) is 2.94. The van der Waals surface area contributed by atoms with E-state index in [9.17, 15) is 5.11 Å². The molecule has 1 atom stereocenters. The van der Waals surface area contributed by atoms with Crippen LogP contribution in [0.3, 0.4) is 0 Å². The number of nitrogens with zero attached hydrogens (tertiary/aromatic N) is 5. The van der Waals surface area contributed by atoms with E-state index < -0.39 is 6.10 Å². The zero-order valence-corrected chi connectivity index (χ0v) is 13.7. The van der Waals surface area contributed by atoms with Crippen LogP contribution in [0.1, 0.15) is 24.5 Å². The Morgan fingerprint density at radius 3 is 2.79 bits per heavy atom. The molecule has 1 aromatic carbocycles. The Balaban J connectivity index is 1.85. The van der Waals surface area contributed by atoms with Gasteiger partial charge >= 0.3 is 0 Å². The molecule has 7 heteroatoms. The van der Waals surface area contributed by atoms with Gasteiger partial charge in [-0.1, -0.05) is 0 Å². The molecule has 0 saturated carbocycles. The van der Waals surface area contributed by atoms with Crippen LogP contribution in [0.2, 0.25) is 0 Å². The Hall–Kier alpha value is -2.93. The molecule has 0 amide bonds. The topological polar surface area (TPSA) is 84.5 Å². The minimum Gasteiger partial charge on any atom is -0.385 e. The smallest absolute Gasteiger partial charge is 0.180 e. The van der Waals surface area contributed by atoms with Gasteiger partial charge in [0.1, 0.15) is 11.9 Å². The van der Waals surface area contributed by atoms with Crippen LogP contribution in [0.15, 0.2) is 36.8 Å². The van der Waals surface area contributed by atoms with E-state index in [2.05, 4.69) is 19.9 Å². The number of imidazole rings is 3. The van der Waals surface area contributed by atoms with Crippen LogP contribution < -0.4 is 0 Å². The average molecular weight is 322 g/mol. The van der Waals surface area contributed by atoms with Gasteiger partial charge in [-0.2, -0.15) is 0 Å². The largest absolute Gasteiger partial charge is 0.385 e. The molecule has 3 heterocycles. The van der Waals surface area contributed by atoms with Gasteiger partial charge in [-0.3, -0.25) is 4.57 Å². The van der Waals surface area contributed by atoms with Crippen LogP contribution in [0, 0.1) is 6.92 Å². The van der Waals surface area contributed by atoms with Crippen LogP contribution in [0.5, 0.6) is 0 Å². The molecule has 2 N–H and O–H groups in total. The predicted molar refractivity (Wildman–Crippen MR) is 90.8 cm³/mol. The second kappa shape index (κ2) is 5.31. The summed E-state index contributed by atoms with van der Waals surface area (Å²) in [5.74, 6) is 2.12. The van der Waals surface area contributed by atoms with Gasteiger partial charge < -0.3 is 14.7 Å². The summed E-state index contributed by atoms with van der Waals surface area (Å²) in [6.45, 7) is 3.68. The highest BCUT2D eigenvalue weighted by atomic mass is 16.3. The van der Waals surface area contributed by atoms with E-state index in [0.717, 1.165) is 34.1 Å². The van der Waals surface area contributed by atoms with Crippen LogP contribution in [-0.2, 0) is 7.05 Å². The number of hydrogen-bond donors (Lipinski definition) is 2. The SMILES string of the molecule is Cc1cnc(-c2nccn2-c2ccc3c(c2)nc(C(C)O)n3C)[nH]1. The van der Waals surface area contributed by atoms with Gasteiger partial charge in [0.2, 0.25) is 0 Å². The molecule has 0 bridgehead atoms. The molecule has 0 radical (unpaired) electrons. The number of nitrogens with one attached hydrogen (secondary N) is 1. The Bertz CT molecular complexity index is 1020. The van der Waals surface area contributed by atoms with Crippen molar-refractivity contribution in [2.24, 2.45) is 7.05 Å². The van der Waals surface area contributed by atoms with Gasteiger partial charge in [-0.25, -0.2) is 15.0 Å². The van der Waals surface area contributed by atoms with E-state index in [0.29, 0.717) is 5.82 Å². The van der Waals surface area contributed by atoms with Crippen molar-refractivity contribution in [3.63, 3.8) is 0 Å². The van der Waals surface area contributed by atoms with Gasteiger partial charge in [-0.15, -0.1) is 0 Å². The van der Waals surface area contributed by atoms with Crippen molar-refractivity contribution in [1.82, 2.24) is 29.1 Å². The fourth-order valence-electron chi connectivity index (χ4n) is 2.94. The lowest BCUT2D eigenvalue weighted by atomic mass is 10.2. The number of aromatic amines is 1. The maximum atomic E-state index is 9.84. The number of aliphatic hydroxyl groups is 1. The van der Waals surface area contributed by atoms with Gasteiger partial charge in [-0.05, 0) is 32.0 Å². The molecule has 1 unspecified atom stereocenters. The molecule has 0 aliphatic heterocycles. The Morgan fingerprint density at radius 2 is 2.08 bits per heavy atom. The van der Waals surface area contributed by atoms with Crippen LogP contribution in [0.25, 0.3) is 28.4 Å². The molecule has 4 rings (SSSR count). The molecule has 0 fully saturated rings. The molecular weight excluding hydrogens is 304 g/mol. The van der Waals surface area contributed by atoms with Gasteiger partial charge in [0.05, 0.1) is 11.0 Å². The Kier molecular flexibility index (Phi) is 3.24.